The van der Waals surface area contributed by atoms with Gasteiger partial charge in [0.2, 0.25) is 11.5 Å². The fourth-order valence-electron chi connectivity index (χ4n) is 3.67. The summed E-state index contributed by atoms with van der Waals surface area (Å²) in [4.78, 5) is 30.7. The Morgan fingerprint density at radius 1 is 1.29 bits per heavy atom. The maximum atomic E-state index is 13.9. The molecular weight excluding hydrogens is 470 g/mol. The standard InChI is InChI=1S/C24H35N3O5SSi/c1-23(2,3)34(5,6)31-15-19-18(30-16-33-4)14-24(32-19,21(28)17-10-8-7-9-11-17)27-13-12-20(25)26-22(27)29/h7-13,18-19H,14-16H2,1-6H3,(H2,25,26,29)/t18-,19+,24-/m0/s1. The number of anilines is 1. The molecule has 0 radical (unpaired) electrons. The molecule has 8 nitrogen and oxygen atoms in total. The van der Waals surface area contributed by atoms with Crippen molar-refractivity contribution in [3.05, 3.63) is 58.6 Å². The van der Waals surface area contributed by atoms with Crippen molar-refractivity contribution in [2.45, 2.75) is 63.3 Å². The van der Waals surface area contributed by atoms with Crippen molar-refractivity contribution >= 4 is 31.7 Å². The van der Waals surface area contributed by atoms with E-state index in [1.807, 2.05) is 12.3 Å². The number of rotatable bonds is 9. The molecule has 186 valence electrons. The lowest BCUT2D eigenvalue weighted by molar-refractivity contribution is -0.0950. The van der Waals surface area contributed by atoms with Gasteiger partial charge in [0, 0.05) is 18.2 Å². The molecule has 1 aliphatic heterocycles. The van der Waals surface area contributed by atoms with Crippen LogP contribution in [0.3, 0.4) is 0 Å². The maximum absolute atomic E-state index is 13.9. The molecule has 0 saturated carbocycles. The summed E-state index contributed by atoms with van der Waals surface area (Å²) in [5.41, 5.74) is 3.88. The molecule has 3 atom stereocenters. The van der Waals surface area contributed by atoms with Gasteiger partial charge in [0.25, 0.3) is 0 Å². The van der Waals surface area contributed by atoms with E-state index in [4.69, 9.17) is 19.6 Å². The van der Waals surface area contributed by atoms with Crippen LogP contribution in [0.5, 0.6) is 0 Å². The van der Waals surface area contributed by atoms with E-state index in [-0.39, 0.29) is 29.7 Å². The summed E-state index contributed by atoms with van der Waals surface area (Å²) < 4.78 is 20.3. The third-order valence-corrected chi connectivity index (χ3v) is 11.5. The zero-order valence-electron chi connectivity index (χ0n) is 20.7. The third kappa shape index (κ3) is 5.46. The third-order valence-electron chi connectivity index (χ3n) is 6.66. The summed E-state index contributed by atoms with van der Waals surface area (Å²) in [6.45, 7) is 11.1. The van der Waals surface area contributed by atoms with Gasteiger partial charge in [-0.2, -0.15) is 4.98 Å². The van der Waals surface area contributed by atoms with Gasteiger partial charge in [-0.3, -0.25) is 9.36 Å². The van der Waals surface area contributed by atoms with Crippen LogP contribution in [0, 0.1) is 0 Å². The SMILES string of the molecule is CSCO[C@H]1C[C@](C(=O)c2ccccc2)(n2ccc(N)nc2=O)O[C@@H]1CO[Si](C)(C)C(C)(C)C. The van der Waals surface area contributed by atoms with Crippen LogP contribution in [-0.2, 0) is 19.6 Å². The minimum atomic E-state index is -2.09. The zero-order valence-corrected chi connectivity index (χ0v) is 22.6. The number of aromatic nitrogens is 2. The summed E-state index contributed by atoms with van der Waals surface area (Å²) in [5, 5.41) is 0.00991. The number of thioether (sulfide) groups is 1. The lowest BCUT2D eigenvalue weighted by Gasteiger charge is -2.37. The molecule has 2 heterocycles. The summed E-state index contributed by atoms with van der Waals surface area (Å²) >= 11 is 1.53. The van der Waals surface area contributed by atoms with Crippen LogP contribution in [-0.4, -0.2) is 54.7 Å². The Bertz CT molecular complexity index is 1060. The van der Waals surface area contributed by atoms with E-state index in [0.29, 0.717) is 11.5 Å². The van der Waals surface area contributed by atoms with Crippen molar-refractivity contribution in [2.24, 2.45) is 0 Å². The summed E-state index contributed by atoms with van der Waals surface area (Å²) in [6.07, 6.45) is 2.56. The lowest BCUT2D eigenvalue weighted by Crippen LogP contribution is -2.49. The molecule has 0 aliphatic carbocycles. The van der Waals surface area contributed by atoms with E-state index < -0.39 is 31.9 Å². The van der Waals surface area contributed by atoms with Crippen molar-refractivity contribution in [3.63, 3.8) is 0 Å². The first-order chi connectivity index (χ1) is 15.9. The summed E-state index contributed by atoms with van der Waals surface area (Å²) in [5.74, 6) is 0.165. The minimum absolute atomic E-state index is 0.00991. The first kappa shape index (κ1) is 26.6. The molecule has 3 rings (SSSR count). The van der Waals surface area contributed by atoms with Crippen molar-refractivity contribution in [1.29, 1.82) is 0 Å². The summed E-state index contributed by atoms with van der Waals surface area (Å²) in [7, 11) is -2.09. The highest BCUT2D eigenvalue weighted by molar-refractivity contribution is 7.98. The Labute approximate surface area is 206 Å². The number of carbonyl (C=O) groups is 1. The van der Waals surface area contributed by atoms with Crippen LogP contribution < -0.4 is 11.4 Å². The number of hydrogen-bond donors (Lipinski definition) is 1. The molecule has 34 heavy (non-hydrogen) atoms. The topological polar surface area (TPSA) is 106 Å². The summed E-state index contributed by atoms with van der Waals surface area (Å²) in [6, 6.07) is 10.3. The average molecular weight is 506 g/mol. The Morgan fingerprint density at radius 2 is 1.97 bits per heavy atom. The van der Waals surface area contributed by atoms with Crippen LogP contribution in [0.25, 0.3) is 0 Å². The average Bonchev–Trinajstić information content (AvgIpc) is 3.15. The van der Waals surface area contributed by atoms with Gasteiger partial charge in [-0.1, -0.05) is 51.1 Å². The fourth-order valence-corrected chi connectivity index (χ4v) is 4.99. The predicted octanol–water partition coefficient (Wildman–Crippen LogP) is 3.88. The highest BCUT2D eigenvalue weighted by Gasteiger charge is 2.55. The van der Waals surface area contributed by atoms with Crippen LogP contribution in [0.4, 0.5) is 5.82 Å². The van der Waals surface area contributed by atoms with Gasteiger partial charge in [0.1, 0.15) is 11.9 Å². The first-order valence-electron chi connectivity index (χ1n) is 11.3. The van der Waals surface area contributed by atoms with E-state index in [1.54, 1.807) is 24.3 Å². The number of ether oxygens (including phenoxy) is 2. The number of carbonyl (C=O) groups excluding carboxylic acids is 1. The molecule has 0 bridgehead atoms. The second-order valence-corrected chi connectivity index (χ2v) is 15.7. The van der Waals surface area contributed by atoms with Crippen LogP contribution in [0.15, 0.2) is 47.4 Å². The molecule has 1 aromatic heterocycles. The first-order valence-corrected chi connectivity index (χ1v) is 15.6. The molecule has 0 amide bonds. The van der Waals surface area contributed by atoms with E-state index in [1.165, 1.54) is 28.6 Å². The molecule has 0 spiro atoms. The largest absolute Gasteiger partial charge is 0.414 e. The van der Waals surface area contributed by atoms with Crippen molar-refractivity contribution in [1.82, 2.24) is 9.55 Å². The molecule has 1 aliphatic rings. The lowest BCUT2D eigenvalue weighted by atomic mass is 9.96. The second kappa shape index (κ2) is 10.3. The van der Waals surface area contributed by atoms with Gasteiger partial charge in [0.15, 0.2) is 8.32 Å². The van der Waals surface area contributed by atoms with Crippen LogP contribution in [0.1, 0.15) is 37.6 Å². The molecular formula is C24H35N3O5SSi. The molecule has 0 unspecified atom stereocenters. The van der Waals surface area contributed by atoms with E-state index in [9.17, 15) is 9.59 Å². The number of hydrogen-bond acceptors (Lipinski definition) is 8. The van der Waals surface area contributed by atoms with Gasteiger partial charge in [-0.15, -0.1) is 11.8 Å². The van der Waals surface area contributed by atoms with Crippen molar-refractivity contribution in [3.8, 4) is 0 Å². The number of benzene rings is 1. The van der Waals surface area contributed by atoms with E-state index in [0.717, 1.165) is 0 Å². The predicted molar refractivity (Wildman–Crippen MR) is 138 cm³/mol. The zero-order chi connectivity index (χ0) is 25.1. The molecule has 1 saturated heterocycles. The van der Waals surface area contributed by atoms with Gasteiger partial charge in [0.05, 0.1) is 18.6 Å². The molecule has 2 N–H and O–H groups in total. The van der Waals surface area contributed by atoms with Gasteiger partial charge in [-0.05, 0) is 30.5 Å². The smallest absolute Gasteiger partial charge is 0.352 e. The molecule has 1 fully saturated rings. The number of Topliss-reactive ketones (excluding diaryl/α,β-unsaturated/α-hetero) is 1. The molecule has 1 aromatic carbocycles. The quantitative estimate of drug-likeness (QED) is 0.311. The van der Waals surface area contributed by atoms with Gasteiger partial charge >= 0.3 is 5.69 Å². The van der Waals surface area contributed by atoms with E-state index >= 15 is 0 Å². The number of ketones is 1. The Morgan fingerprint density at radius 3 is 2.56 bits per heavy atom. The van der Waals surface area contributed by atoms with Crippen molar-refractivity contribution in [2.75, 3.05) is 24.5 Å². The number of nitrogen functional groups attached to an aromatic ring is 1. The monoisotopic (exact) mass is 505 g/mol. The second-order valence-electron chi connectivity index (χ2n) is 10.0. The number of nitrogens with two attached hydrogens (primary N) is 1. The molecule has 2 aromatic rings. The fraction of sp³-hybridized carbons (Fsp3) is 0.542. The maximum Gasteiger partial charge on any atom is 0.352 e. The Balaban J connectivity index is 2.04. The highest BCUT2D eigenvalue weighted by Crippen LogP contribution is 2.41. The highest BCUT2D eigenvalue weighted by atomic mass is 32.2. The Hall–Kier alpha value is -1.98. The van der Waals surface area contributed by atoms with E-state index in [2.05, 4.69) is 38.8 Å². The molecule has 10 heteroatoms. The number of nitrogens with zero attached hydrogens (tertiary/aromatic N) is 2. The van der Waals surface area contributed by atoms with Crippen molar-refractivity contribution < 1.29 is 18.7 Å². The Kier molecular flexibility index (Phi) is 8.09. The normalized spacial score (nSPS) is 23.2. The van der Waals surface area contributed by atoms with Gasteiger partial charge < -0.3 is 19.6 Å². The minimum Gasteiger partial charge on any atom is -0.414 e. The van der Waals surface area contributed by atoms with Crippen LogP contribution in [0.2, 0.25) is 18.1 Å². The van der Waals surface area contributed by atoms with Gasteiger partial charge in [-0.25, -0.2) is 4.79 Å². The van der Waals surface area contributed by atoms with Crippen LogP contribution >= 0.6 is 11.8 Å².